The summed E-state index contributed by atoms with van der Waals surface area (Å²) in [6, 6.07) is 7.22. The molecule has 0 spiro atoms. The highest BCUT2D eigenvalue weighted by Crippen LogP contribution is 2.20. The Morgan fingerprint density at radius 3 is 2.81 bits per heavy atom. The summed E-state index contributed by atoms with van der Waals surface area (Å²) in [6.07, 6.45) is -0.785. The third kappa shape index (κ3) is 1.77. The normalized spacial score (nSPS) is 12.9. The van der Waals surface area contributed by atoms with Crippen molar-refractivity contribution in [2.75, 3.05) is 0 Å². The second kappa shape index (κ2) is 3.94. The molecule has 2 rings (SSSR count). The molecule has 5 nitrogen and oxygen atoms in total. The maximum Gasteiger partial charge on any atom is 0.323 e. The largest absolute Gasteiger partial charge is 0.480 e. The van der Waals surface area contributed by atoms with E-state index in [0.29, 0.717) is 11.3 Å². The molecule has 2 aromatic rings. The number of carboxylic acid groups (broad SMARTS) is 1. The number of para-hydroxylation sites is 2. The van der Waals surface area contributed by atoms with E-state index < -0.39 is 12.1 Å². The predicted octanol–water partition coefficient (Wildman–Crippen LogP) is 1.17. The van der Waals surface area contributed by atoms with Gasteiger partial charge in [0, 0.05) is 0 Å². The molecule has 0 bridgehead atoms. The minimum atomic E-state index is -0.954. The van der Waals surface area contributed by atoms with Crippen molar-refractivity contribution in [3.8, 4) is 0 Å². The third-order valence-electron chi connectivity index (χ3n) is 2.35. The fourth-order valence-electron chi connectivity index (χ4n) is 1.71. The number of aliphatic hydroxyl groups is 1. The van der Waals surface area contributed by atoms with Gasteiger partial charge in [-0.05, 0) is 19.1 Å². The maximum absolute atomic E-state index is 10.8. The Kier molecular flexibility index (Phi) is 2.62. The van der Waals surface area contributed by atoms with E-state index in [0.717, 1.165) is 5.52 Å². The Labute approximate surface area is 92.0 Å². The van der Waals surface area contributed by atoms with Gasteiger partial charge in [0.25, 0.3) is 0 Å². The number of imidazole rings is 1. The van der Waals surface area contributed by atoms with E-state index >= 15 is 0 Å². The number of nitrogens with zero attached hydrogens (tertiary/aromatic N) is 2. The van der Waals surface area contributed by atoms with E-state index in [1.54, 1.807) is 19.1 Å². The van der Waals surface area contributed by atoms with Gasteiger partial charge in [0.1, 0.15) is 18.5 Å². The smallest absolute Gasteiger partial charge is 0.323 e. The molecule has 16 heavy (non-hydrogen) atoms. The number of hydrogen-bond donors (Lipinski definition) is 2. The van der Waals surface area contributed by atoms with Crippen molar-refractivity contribution in [1.82, 2.24) is 9.55 Å². The molecule has 5 heteroatoms. The van der Waals surface area contributed by atoms with Crippen molar-refractivity contribution >= 4 is 17.0 Å². The molecule has 1 heterocycles. The van der Waals surface area contributed by atoms with Crippen molar-refractivity contribution in [1.29, 1.82) is 0 Å². The molecule has 84 valence electrons. The fourth-order valence-corrected chi connectivity index (χ4v) is 1.71. The summed E-state index contributed by atoms with van der Waals surface area (Å²) in [5.41, 5.74) is 1.42. The summed E-state index contributed by atoms with van der Waals surface area (Å²) < 4.78 is 1.52. The highest BCUT2D eigenvalue weighted by molar-refractivity contribution is 5.78. The zero-order valence-electron chi connectivity index (χ0n) is 8.79. The number of aromatic nitrogens is 2. The predicted molar refractivity (Wildman–Crippen MR) is 58.0 cm³/mol. The molecule has 1 aromatic carbocycles. The molecule has 2 N–H and O–H groups in total. The maximum atomic E-state index is 10.8. The summed E-state index contributed by atoms with van der Waals surface area (Å²) in [4.78, 5) is 15.0. The van der Waals surface area contributed by atoms with Crippen molar-refractivity contribution in [3.05, 3.63) is 30.1 Å². The lowest BCUT2D eigenvalue weighted by Crippen LogP contribution is -2.13. The lowest BCUT2D eigenvalue weighted by Gasteiger charge is -2.07. The number of rotatable bonds is 3. The van der Waals surface area contributed by atoms with Gasteiger partial charge in [-0.1, -0.05) is 12.1 Å². The van der Waals surface area contributed by atoms with Crippen LogP contribution in [0.3, 0.4) is 0 Å². The van der Waals surface area contributed by atoms with E-state index in [-0.39, 0.29) is 6.54 Å². The zero-order valence-corrected chi connectivity index (χ0v) is 8.79. The highest BCUT2D eigenvalue weighted by Gasteiger charge is 2.15. The van der Waals surface area contributed by atoms with Gasteiger partial charge in [-0.2, -0.15) is 0 Å². The second-order valence-electron chi connectivity index (χ2n) is 3.61. The minimum absolute atomic E-state index is 0.194. The number of carboxylic acids is 1. The van der Waals surface area contributed by atoms with Crippen LogP contribution >= 0.6 is 0 Å². The summed E-state index contributed by atoms with van der Waals surface area (Å²) in [6.45, 7) is 1.38. The van der Waals surface area contributed by atoms with Crippen LogP contribution in [0.2, 0.25) is 0 Å². The monoisotopic (exact) mass is 220 g/mol. The molecular weight excluding hydrogens is 208 g/mol. The molecular formula is C11H12N2O3. The molecule has 0 aliphatic carbocycles. The third-order valence-corrected chi connectivity index (χ3v) is 2.35. The topological polar surface area (TPSA) is 75.4 Å². The number of hydrogen-bond acceptors (Lipinski definition) is 3. The van der Waals surface area contributed by atoms with Crippen molar-refractivity contribution < 1.29 is 15.0 Å². The SMILES string of the molecule is CC(O)c1nc2ccccc2n1CC(=O)O. The van der Waals surface area contributed by atoms with Crippen molar-refractivity contribution in [2.45, 2.75) is 19.6 Å². The van der Waals surface area contributed by atoms with Crippen molar-refractivity contribution in [2.24, 2.45) is 0 Å². The van der Waals surface area contributed by atoms with Gasteiger partial charge in [-0.25, -0.2) is 4.98 Å². The quantitative estimate of drug-likeness (QED) is 0.814. The molecule has 0 aliphatic heterocycles. The van der Waals surface area contributed by atoms with Crippen LogP contribution < -0.4 is 0 Å². The van der Waals surface area contributed by atoms with Crippen LogP contribution in [0.15, 0.2) is 24.3 Å². The van der Waals surface area contributed by atoms with Crippen LogP contribution in [-0.2, 0) is 11.3 Å². The molecule has 0 fully saturated rings. The van der Waals surface area contributed by atoms with Gasteiger partial charge >= 0.3 is 5.97 Å². The fraction of sp³-hybridized carbons (Fsp3) is 0.273. The van der Waals surface area contributed by atoms with Crippen LogP contribution in [0.5, 0.6) is 0 Å². The average molecular weight is 220 g/mol. The highest BCUT2D eigenvalue weighted by atomic mass is 16.4. The first kappa shape index (κ1) is 10.6. The van der Waals surface area contributed by atoms with Crippen LogP contribution in [0.1, 0.15) is 18.9 Å². The van der Waals surface area contributed by atoms with Crippen molar-refractivity contribution in [3.63, 3.8) is 0 Å². The van der Waals surface area contributed by atoms with Gasteiger partial charge in [-0.3, -0.25) is 4.79 Å². The van der Waals surface area contributed by atoms with E-state index in [4.69, 9.17) is 5.11 Å². The Morgan fingerprint density at radius 2 is 2.19 bits per heavy atom. The Balaban J connectivity index is 2.64. The average Bonchev–Trinajstić information content (AvgIpc) is 2.57. The summed E-state index contributed by atoms with van der Waals surface area (Å²) in [7, 11) is 0. The molecule has 1 unspecified atom stereocenters. The molecule has 1 aromatic heterocycles. The van der Waals surface area contributed by atoms with Gasteiger partial charge < -0.3 is 14.8 Å². The zero-order chi connectivity index (χ0) is 11.7. The molecule has 0 radical (unpaired) electrons. The Hall–Kier alpha value is -1.88. The van der Waals surface area contributed by atoms with Crippen LogP contribution in [-0.4, -0.2) is 25.7 Å². The first-order valence-electron chi connectivity index (χ1n) is 4.94. The molecule has 0 aliphatic rings. The Bertz CT molecular complexity index is 531. The van der Waals surface area contributed by atoms with E-state index in [9.17, 15) is 9.90 Å². The number of benzene rings is 1. The minimum Gasteiger partial charge on any atom is -0.480 e. The Morgan fingerprint density at radius 1 is 1.50 bits per heavy atom. The number of aliphatic hydroxyl groups excluding tert-OH is 1. The summed E-state index contributed by atoms with van der Waals surface area (Å²) in [5, 5.41) is 18.4. The van der Waals surface area contributed by atoms with Crippen LogP contribution in [0, 0.1) is 0 Å². The molecule has 0 saturated heterocycles. The van der Waals surface area contributed by atoms with Gasteiger partial charge in [0.15, 0.2) is 0 Å². The van der Waals surface area contributed by atoms with Crippen LogP contribution in [0.4, 0.5) is 0 Å². The van der Waals surface area contributed by atoms with E-state index in [1.165, 1.54) is 4.57 Å². The van der Waals surface area contributed by atoms with E-state index in [1.807, 2.05) is 12.1 Å². The first-order valence-corrected chi connectivity index (χ1v) is 4.94. The lowest BCUT2D eigenvalue weighted by atomic mass is 10.3. The summed E-state index contributed by atoms with van der Waals surface area (Å²) >= 11 is 0. The number of carbonyl (C=O) groups is 1. The van der Waals surface area contributed by atoms with Gasteiger partial charge in [0.05, 0.1) is 11.0 Å². The van der Waals surface area contributed by atoms with E-state index in [2.05, 4.69) is 4.98 Å². The number of fused-ring (bicyclic) bond motifs is 1. The first-order chi connectivity index (χ1) is 7.59. The standard InChI is InChI=1S/C11H12N2O3/c1-7(14)11-12-8-4-2-3-5-9(8)13(11)6-10(15)16/h2-5,7,14H,6H2,1H3,(H,15,16). The molecule has 1 atom stereocenters. The lowest BCUT2D eigenvalue weighted by molar-refractivity contribution is -0.137. The molecule has 0 amide bonds. The number of aliphatic carboxylic acids is 1. The van der Waals surface area contributed by atoms with Gasteiger partial charge in [-0.15, -0.1) is 0 Å². The molecule has 0 saturated carbocycles. The second-order valence-corrected chi connectivity index (χ2v) is 3.61. The van der Waals surface area contributed by atoms with Gasteiger partial charge in [0.2, 0.25) is 0 Å². The van der Waals surface area contributed by atoms with Crippen LogP contribution in [0.25, 0.3) is 11.0 Å². The summed E-state index contributed by atoms with van der Waals surface area (Å²) in [5.74, 6) is -0.575.